The highest BCUT2D eigenvalue weighted by atomic mass is 16.5. The first kappa shape index (κ1) is 14.3. The number of imide groups is 1. The second-order valence-electron chi connectivity index (χ2n) is 5.43. The molecule has 2 aromatic rings. The number of benzene rings is 2. The van der Waals surface area contributed by atoms with Gasteiger partial charge in [0, 0.05) is 0 Å². The molecular formula is C17H13N3O4. The van der Waals surface area contributed by atoms with Crippen LogP contribution >= 0.6 is 0 Å². The Balaban J connectivity index is 1.79. The largest absolute Gasteiger partial charge is 0.497 e. The number of hydrogen-bond donors (Lipinski definition) is 1. The third kappa shape index (κ3) is 1.88. The van der Waals surface area contributed by atoms with Crippen LogP contribution in [0.4, 0.5) is 21.9 Å². The van der Waals surface area contributed by atoms with Crippen LogP contribution in [0.2, 0.25) is 0 Å². The summed E-state index contributed by atoms with van der Waals surface area (Å²) in [6, 6.07) is 11.7. The summed E-state index contributed by atoms with van der Waals surface area (Å²) in [5.74, 6) is -0.473. The lowest BCUT2D eigenvalue weighted by Crippen LogP contribution is -2.48. The van der Waals surface area contributed by atoms with E-state index in [2.05, 4.69) is 5.32 Å². The molecule has 2 aliphatic rings. The summed E-state index contributed by atoms with van der Waals surface area (Å²) in [5.41, 5.74) is 1.42. The molecule has 0 spiro atoms. The summed E-state index contributed by atoms with van der Waals surface area (Å²) in [7, 11) is 1.53. The molecule has 0 saturated carbocycles. The predicted molar refractivity (Wildman–Crippen MR) is 87.2 cm³/mol. The lowest BCUT2D eigenvalue weighted by Gasteiger charge is -2.28. The van der Waals surface area contributed by atoms with E-state index in [0.29, 0.717) is 22.8 Å². The van der Waals surface area contributed by atoms with E-state index in [1.165, 1.54) is 12.0 Å². The minimum absolute atomic E-state index is 0.394. The predicted octanol–water partition coefficient (Wildman–Crippen LogP) is 1.99. The first-order chi connectivity index (χ1) is 11.6. The molecule has 1 fully saturated rings. The highest BCUT2D eigenvalue weighted by Gasteiger charge is 2.53. The van der Waals surface area contributed by atoms with E-state index in [1.807, 2.05) is 0 Å². The molecule has 0 bridgehead atoms. The Morgan fingerprint density at radius 1 is 1.00 bits per heavy atom. The number of hydrogen-bond acceptors (Lipinski definition) is 4. The lowest BCUT2D eigenvalue weighted by atomic mass is 10.1. The lowest BCUT2D eigenvalue weighted by molar-refractivity contribution is -0.125. The molecule has 1 unspecified atom stereocenters. The number of rotatable bonds is 2. The Morgan fingerprint density at radius 2 is 1.71 bits per heavy atom. The second kappa shape index (κ2) is 5.09. The van der Waals surface area contributed by atoms with Crippen molar-refractivity contribution >= 4 is 34.9 Å². The van der Waals surface area contributed by atoms with Crippen molar-refractivity contribution in [2.45, 2.75) is 6.04 Å². The number of para-hydroxylation sites is 2. The fourth-order valence-electron chi connectivity index (χ4n) is 2.98. The van der Waals surface area contributed by atoms with Gasteiger partial charge in [-0.3, -0.25) is 14.5 Å². The first-order valence-corrected chi connectivity index (χ1v) is 7.33. The Morgan fingerprint density at radius 3 is 2.42 bits per heavy atom. The van der Waals surface area contributed by atoms with Crippen molar-refractivity contribution in [3.63, 3.8) is 0 Å². The quantitative estimate of drug-likeness (QED) is 0.677. The molecular weight excluding hydrogens is 310 g/mol. The molecule has 2 aliphatic heterocycles. The zero-order valence-electron chi connectivity index (χ0n) is 12.7. The molecule has 7 nitrogen and oxygen atoms in total. The molecule has 24 heavy (non-hydrogen) atoms. The van der Waals surface area contributed by atoms with Crippen molar-refractivity contribution in [2.24, 2.45) is 0 Å². The van der Waals surface area contributed by atoms with Crippen molar-refractivity contribution in [2.75, 3.05) is 22.2 Å². The van der Waals surface area contributed by atoms with Crippen molar-refractivity contribution in [3.8, 4) is 5.75 Å². The van der Waals surface area contributed by atoms with E-state index in [9.17, 15) is 14.4 Å². The zero-order chi connectivity index (χ0) is 16.8. The standard InChI is InChI=1S/C17H13N3O4/c1-24-11-8-6-10(7-9-11)19-16(22)14-15(21)18-12-4-2-3-5-13(12)20(14)17(19)23/h2-9,14H,1H3,(H,18,21). The van der Waals surface area contributed by atoms with Gasteiger partial charge >= 0.3 is 6.03 Å². The van der Waals surface area contributed by atoms with Crippen LogP contribution < -0.4 is 19.9 Å². The Labute approximate surface area is 137 Å². The molecule has 1 atom stereocenters. The van der Waals surface area contributed by atoms with Crippen molar-refractivity contribution in [1.29, 1.82) is 0 Å². The van der Waals surface area contributed by atoms with Crippen LogP contribution in [0.5, 0.6) is 5.75 Å². The molecule has 2 aromatic carbocycles. The average Bonchev–Trinajstić information content (AvgIpc) is 2.87. The first-order valence-electron chi connectivity index (χ1n) is 7.33. The Kier molecular flexibility index (Phi) is 3.02. The summed E-state index contributed by atoms with van der Waals surface area (Å²) in [6.07, 6.45) is 0. The van der Waals surface area contributed by atoms with Gasteiger partial charge in [0.25, 0.3) is 11.8 Å². The fourth-order valence-corrected chi connectivity index (χ4v) is 2.98. The maximum atomic E-state index is 12.8. The van der Waals surface area contributed by atoms with Gasteiger partial charge in [-0.05, 0) is 36.4 Å². The molecule has 1 saturated heterocycles. The monoisotopic (exact) mass is 323 g/mol. The Hall–Kier alpha value is -3.35. The van der Waals surface area contributed by atoms with Crippen LogP contribution in [-0.4, -0.2) is 31.0 Å². The van der Waals surface area contributed by atoms with Crippen LogP contribution in [0.25, 0.3) is 0 Å². The molecule has 120 valence electrons. The maximum absolute atomic E-state index is 12.8. The van der Waals surface area contributed by atoms with Crippen molar-refractivity contribution in [1.82, 2.24) is 0 Å². The minimum Gasteiger partial charge on any atom is -0.497 e. The number of amides is 4. The van der Waals surface area contributed by atoms with Crippen LogP contribution in [0.15, 0.2) is 48.5 Å². The maximum Gasteiger partial charge on any atom is 0.337 e. The zero-order valence-corrected chi connectivity index (χ0v) is 12.7. The number of nitrogens with one attached hydrogen (secondary N) is 1. The van der Waals surface area contributed by atoms with Gasteiger partial charge in [-0.2, -0.15) is 0 Å². The molecule has 4 rings (SSSR count). The molecule has 1 N–H and O–H groups in total. The summed E-state index contributed by atoms with van der Waals surface area (Å²) in [5, 5.41) is 2.67. The molecule has 0 aliphatic carbocycles. The summed E-state index contributed by atoms with van der Waals surface area (Å²) in [4.78, 5) is 40.1. The van der Waals surface area contributed by atoms with E-state index in [4.69, 9.17) is 4.74 Å². The third-order valence-electron chi connectivity index (χ3n) is 4.11. The summed E-state index contributed by atoms with van der Waals surface area (Å²) < 4.78 is 5.08. The number of carbonyl (C=O) groups excluding carboxylic acids is 3. The van der Waals surface area contributed by atoms with Crippen LogP contribution in [-0.2, 0) is 9.59 Å². The van der Waals surface area contributed by atoms with Gasteiger partial charge in [-0.25, -0.2) is 9.69 Å². The third-order valence-corrected chi connectivity index (χ3v) is 4.11. The molecule has 0 radical (unpaired) electrons. The second-order valence-corrected chi connectivity index (χ2v) is 5.43. The van der Waals surface area contributed by atoms with E-state index in [1.54, 1.807) is 48.5 Å². The van der Waals surface area contributed by atoms with Gasteiger partial charge < -0.3 is 10.1 Å². The van der Waals surface area contributed by atoms with Crippen molar-refractivity contribution in [3.05, 3.63) is 48.5 Å². The van der Waals surface area contributed by atoms with Gasteiger partial charge in [0.1, 0.15) is 5.75 Å². The van der Waals surface area contributed by atoms with E-state index >= 15 is 0 Å². The number of carbonyl (C=O) groups is 3. The van der Waals surface area contributed by atoms with Gasteiger partial charge in [0.15, 0.2) is 6.04 Å². The smallest absolute Gasteiger partial charge is 0.337 e. The SMILES string of the molecule is COc1ccc(N2C(=O)C3C(=O)Nc4ccccc4N3C2=O)cc1. The summed E-state index contributed by atoms with van der Waals surface area (Å²) in [6.45, 7) is 0. The van der Waals surface area contributed by atoms with Crippen LogP contribution in [0.3, 0.4) is 0 Å². The van der Waals surface area contributed by atoms with Gasteiger partial charge in [-0.15, -0.1) is 0 Å². The average molecular weight is 323 g/mol. The van der Waals surface area contributed by atoms with E-state index < -0.39 is 23.9 Å². The summed E-state index contributed by atoms with van der Waals surface area (Å²) >= 11 is 0. The van der Waals surface area contributed by atoms with Crippen LogP contribution in [0, 0.1) is 0 Å². The van der Waals surface area contributed by atoms with Gasteiger partial charge in [0.2, 0.25) is 0 Å². The van der Waals surface area contributed by atoms with Crippen molar-refractivity contribution < 1.29 is 19.1 Å². The van der Waals surface area contributed by atoms with Gasteiger partial charge in [0.05, 0.1) is 24.2 Å². The Bertz CT molecular complexity index is 862. The highest BCUT2D eigenvalue weighted by Crippen LogP contribution is 2.38. The number of anilines is 3. The molecule has 4 amide bonds. The number of fused-ring (bicyclic) bond motifs is 3. The van der Waals surface area contributed by atoms with Gasteiger partial charge in [-0.1, -0.05) is 12.1 Å². The number of methoxy groups -OCH3 is 1. The van der Waals surface area contributed by atoms with E-state index in [-0.39, 0.29) is 0 Å². The normalized spacial score (nSPS) is 19.0. The number of ether oxygens (including phenoxy) is 1. The fraction of sp³-hybridized carbons (Fsp3) is 0.118. The molecule has 2 heterocycles. The van der Waals surface area contributed by atoms with Crippen LogP contribution in [0.1, 0.15) is 0 Å². The van der Waals surface area contributed by atoms with E-state index in [0.717, 1.165) is 4.90 Å². The number of urea groups is 1. The minimum atomic E-state index is -1.19. The molecule has 7 heteroatoms. The number of nitrogens with zero attached hydrogens (tertiary/aromatic N) is 2. The topological polar surface area (TPSA) is 79.0 Å². The highest BCUT2D eigenvalue weighted by molar-refractivity contribution is 6.37. The molecule has 0 aromatic heterocycles.